The average molecular weight is 642 g/mol. The van der Waals surface area contributed by atoms with Crippen molar-refractivity contribution in [3.05, 3.63) is 58.1 Å². The van der Waals surface area contributed by atoms with Crippen LogP contribution >= 0.6 is 11.6 Å². The van der Waals surface area contributed by atoms with Crippen molar-refractivity contribution in [2.24, 2.45) is 11.8 Å². The third-order valence-corrected chi connectivity index (χ3v) is 12.7. The van der Waals surface area contributed by atoms with Crippen molar-refractivity contribution in [1.82, 2.24) is 10.0 Å². The van der Waals surface area contributed by atoms with Crippen molar-refractivity contribution in [2.75, 3.05) is 24.6 Å². The van der Waals surface area contributed by atoms with Crippen molar-refractivity contribution in [2.45, 2.75) is 94.8 Å². The minimum Gasteiger partial charge on any atom is -0.490 e. The van der Waals surface area contributed by atoms with Gasteiger partial charge in [-0.2, -0.15) is 0 Å². The number of amides is 2. The summed E-state index contributed by atoms with van der Waals surface area (Å²) in [6.45, 7) is 5.41. The van der Waals surface area contributed by atoms with Gasteiger partial charge in [0.25, 0.3) is 5.91 Å². The molecule has 1 saturated carbocycles. The number of benzene rings is 2. The van der Waals surface area contributed by atoms with Crippen LogP contribution in [0.1, 0.15) is 93.1 Å². The van der Waals surface area contributed by atoms with Gasteiger partial charge in [0, 0.05) is 42.1 Å². The van der Waals surface area contributed by atoms with E-state index < -0.39 is 21.2 Å². The smallest absolute Gasteiger partial charge is 0.264 e. The van der Waals surface area contributed by atoms with Crippen LogP contribution in [0, 0.1) is 11.8 Å². The van der Waals surface area contributed by atoms with E-state index in [2.05, 4.69) is 27.1 Å². The number of hydrogen-bond acceptors (Lipinski definition) is 6. The van der Waals surface area contributed by atoms with Crippen LogP contribution < -0.4 is 19.7 Å². The summed E-state index contributed by atoms with van der Waals surface area (Å²) in [5.41, 5.74) is 3.39. The number of ether oxygens (including phenoxy) is 1. The van der Waals surface area contributed by atoms with Gasteiger partial charge in [0.1, 0.15) is 5.75 Å². The monoisotopic (exact) mass is 641 g/mol. The van der Waals surface area contributed by atoms with E-state index in [1.165, 1.54) is 11.1 Å². The van der Waals surface area contributed by atoms with Crippen LogP contribution in [-0.4, -0.2) is 51.2 Å². The fourth-order valence-corrected chi connectivity index (χ4v) is 9.78. The van der Waals surface area contributed by atoms with Crippen LogP contribution in [0.2, 0.25) is 5.02 Å². The molecule has 8 nitrogen and oxygen atoms in total. The minimum absolute atomic E-state index is 0.0265. The maximum Gasteiger partial charge on any atom is 0.264 e. The van der Waals surface area contributed by atoms with E-state index in [1.54, 1.807) is 19.1 Å². The molecule has 10 heteroatoms. The van der Waals surface area contributed by atoms with E-state index in [1.807, 2.05) is 19.1 Å². The Morgan fingerprint density at radius 3 is 2.68 bits per heavy atom. The molecule has 0 unspecified atom stereocenters. The fraction of sp³-hybridized carbons (Fsp3) is 0.588. The van der Waals surface area contributed by atoms with Crippen molar-refractivity contribution in [1.29, 1.82) is 0 Å². The van der Waals surface area contributed by atoms with E-state index >= 15 is 0 Å². The highest BCUT2D eigenvalue weighted by molar-refractivity contribution is 7.90. The van der Waals surface area contributed by atoms with Gasteiger partial charge in [-0.05, 0) is 105 Å². The van der Waals surface area contributed by atoms with Crippen molar-refractivity contribution < 1.29 is 22.7 Å². The van der Waals surface area contributed by atoms with Crippen LogP contribution in [-0.2, 0) is 26.7 Å². The largest absolute Gasteiger partial charge is 0.490 e. The molecule has 44 heavy (non-hydrogen) atoms. The molecular weight excluding hydrogens is 598 g/mol. The first-order valence-corrected chi connectivity index (χ1v) is 18.1. The third-order valence-electron chi connectivity index (χ3n) is 10.6. The molecule has 1 fully saturated rings. The zero-order valence-corrected chi connectivity index (χ0v) is 27.3. The van der Waals surface area contributed by atoms with Gasteiger partial charge in [-0.3, -0.25) is 9.59 Å². The Labute approximate surface area is 266 Å². The second-order valence-corrected chi connectivity index (χ2v) is 15.8. The molecule has 2 aromatic rings. The number of rotatable bonds is 2. The molecule has 6 rings (SSSR count). The van der Waals surface area contributed by atoms with E-state index in [4.69, 9.17) is 16.3 Å². The molecule has 2 amide bonds. The maximum absolute atomic E-state index is 13.4. The number of anilines is 1. The number of halogens is 1. The Kier molecular flexibility index (Phi) is 8.90. The Balaban J connectivity index is 1.41. The Bertz CT molecular complexity index is 1530. The fourth-order valence-electron chi connectivity index (χ4n) is 8.13. The summed E-state index contributed by atoms with van der Waals surface area (Å²) >= 11 is 6.41. The number of fused-ring (bicyclic) bond motifs is 4. The Morgan fingerprint density at radius 2 is 1.93 bits per heavy atom. The second kappa shape index (κ2) is 12.5. The number of sulfonamides is 1. The molecule has 0 saturated heterocycles. The first-order valence-electron chi connectivity index (χ1n) is 16.2. The van der Waals surface area contributed by atoms with E-state index in [0.717, 1.165) is 68.6 Å². The zero-order valence-electron chi connectivity index (χ0n) is 25.7. The lowest BCUT2D eigenvalue weighted by molar-refractivity contribution is -0.120. The van der Waals surface area contributed by atoms with Gasteiger partial charge in [-0.25, -0.2) is 13.1 Å². The van der Waals surface area contributed by atoms with Gasteiger partial charge >= 0.3 is 0 Å². The third kappa shape index (κ3) is 6.19. The topological polar surface area (TPSA) is 105 Å². The first-order chi connectivity index (χ1) is 21.1. The van der Waals surface area contributed by atoms with Crippen molar-refractivity contribution in [3.63, 3.8) is 0 Å². The molecule has 238 valence electrons. The lowest BCUT2D eigenvalue weighted by Crippen LogP contribution is -2.52. The van der Waals surface area contributed by atoms with Crippen LogP contribution in [0.4, 0.5) is 5.69 Å². The van der Waals surface area contributed by atoms with Gasteiger partial charge in [0.05, 0.1) is 17.5 Å². The van der Waals surface area contributed by atoms with Gasteiger partial charge in [0.15, 0.2) is 0 Å². The molecule has 4 aliphatic rings. The number of carbonyl (C=O) groups excluding carboxylic acids is 2. The van der Waals surface area contributed by atoms with E-state index in [-0.39, 0.29) is 17.4 Å². The molecule has 1 spiro atoms. The predicted octanol–water partition coefficient (Wildman–Crippen LogP) is 5.76. The summed E-state index contributed by atoms with van der Waals surface area (Å²) in [6, 6.07) is 11.5. The van der Waals surface area contributed by atoms with E-state index in [9.17, 15) is 18.0 Å². The van der Waals surface area contributed by atoms with Crippen LogP contribution in [0.5, 0.6) is 5.75 Å². The quantitative estimate of drug-likeness (QED) is 0.432. The zero-order chi connectivity index (χ0) is 31.1. The summed E-state index contributed by atoms with van der Waals surface area (Å²) in [5, 5.41) is 3.32. The minimum atomic E-state index is -3.87. The number of carbonyl (C=O) groups is 2. The lowest BCUT2D eigenvalue weighted by Gasteiger charge is -2.47. The van der Waals surface area contributed by atoms with Crippen LogP contribution in [0.3, 0.4) is 0 Å². The number of nitrogens with one attached hydrogen (secondary N) is 2. The predicted molar refractivity (Wildman–Crippen MR) is 173 cm³/mol. The number of hydrogen-bond donors (Lipinski definition) is 2. The van der Waals surface area contributed by atoms with Gasteiger partial charge in [0.2, 0.25) is 15.9 Å². The summed E-state index contributed by atoms with van der Waals surface area (Å²) in [4.78, 5) is 28.1. The molecule has 5 atom stereocenters. The lowest BCUT2D eigenvalue weighted by atomic mass is 9.67. The standard InChI is InChI=1S/C34H44ClN3O5S/c1-3-27-8-4-5-9-30(36-22(2)39)28-13-10-25(28)19-38-20-34(16-6-7-23-17-26(35)12-14-29(23)34)21-43-32-15-11-24(18-31(32)38)33(40)37-44(27,41)42/h11-12,14-15,17-18,25,27-28,30H,3-10,13,16,19-21H2,1-2H3,(H,36,39)(H,37,40)/t25-,27+,28+,30+,34-/m0/s1. The molecule has 0 aromatic heterocycles. The molecule has 2 aliphatic carbocycles. The van der Waals surface area contributed by atoms with Crippen LogP contribution in [0.15, 0.2) is 36.4 Å². The molecule has 2 N–H and O–H groups in total. The number of nitrogens with zero attached hydrogens (tertiary/aromatic N) is 1. The van der Waals surface area contributed by atoms with Gasteiger partial charge in [-0.15, -0.1) is 0 Å². The second-order valence-electron chi connectivity index (χ2n) is 13.4. The number of aryl methyl sites for hydroxylation is 1. The summed E-state index contributed by atoms with van der Waals surface area (Å²) in [6.07, 6.45) is 8.34. The highest BCUT2D eigenvalue weighted by Gasteiger charge is 2.44. The molecular formula is C34H44ClN3O5S. The molecule has 0 radical (unpaired) electrons. The summed E-state index contributed by atoms with van der Waals surface area (Å²) in [7, 11) is -3.87. The summed E-state index contributed by atoms with van der Waals surface area (Å²) in [5.74, 6) is 0.773. The normalized spacial score (nSPS) is 30.1. The average Bonchev–Trinajstić information content (AvgIpc) is 3.11. The van der Waals surface area contributed by atoms with E-state index in [0.29, 0.717) is 49.1 Å². The Morgan fingerprint density at radius 1 is 1.11 bits per heavy atom. The van der Waals surface area contributed by atoms with Crippen molar-refractivity contribution in [3.8, 4) is 5.75 Å². The maximum atomic E-state index is 13.4. The summed E-state index contributed by atoms with van der Waals surface area (Å²) < 4.78 is 35.6. The highest BCUT2D eigenvalue weighted by atomic mass is 35.5. The molecule has 2 aromatic carbocycles. The first kappa shape index (κ1) is 31.2. The van der Waals surface area contributed by atoms with Crippen LogP contribution in [0.25, 0.3) is 0 Å². The molecule has 2 heterocycles. The Hall–Kier alpha value is -2.78. The highest BCUT2D eigenvalue weighted by Crippen LogP contribution is 2.47. The van der Waals surface area contributed by atoms with Gasteiger partial charge in [-0.1, -0.05) is 37.4 Å². The molecule has 2 bridgehead atoms. The van der Waals surface area contributed by atoms with Crippen molar-refractivity contribution >= 4 is 39.1 Å². The SMILES string of the molecule is CC[C@@H]1CCCC[C@@H](NC(C)=O)[C@@H]2CC[C@H]2CN2C[C@@]3(CCCc4cc(Cl)ccc43)COc3ccc(cc32)C(=O)NS1(=O)=O. The van der Waals surface area contributed by atoms with Gasteiger partial charge < -0.3 is 15.0 Å². The molecule has 2 aliphatic heterocycles.